The molecule has 8 atom stereocenters. The minimum absolute atomic E-state index is 0.0491. The fourth-order valence-corrected chi connectivity index (χ4v) is 12.3. The second-order valence-electron chi connectivity index (χ2n) is 21.1. The van der Waals surface area contributed by atoms with Gasteiger partial charge in [-0.25, -0.2) is 41.5 Å². The zero-order valence-electron chi connectivity index (χ0n) is 45.3. The zero-order valence-corrected chi connectivity index (χ0v) is 45.3. The number of piperidine rings is 1. The average molecular weight is 1110 g/mol. The highest BCUT2D eigenvalue weighted by Gasteiger charge is 2.43. The number of halogens is 5. The first-order chi connectivity index (χ1) is 38.5. The maximum absolute atomic E-state index is 17.0. The monoisotopic (exact) mass is 1110 g/mol. The summed E-state index contributed by atoms with van der Waals surface area (Å²) in [6.45, 7) is 4.64. The number of aromatic nitrogens is 4. The normalized spacial score (nSPS) is 21.3. The second-order valence-corrected chi connectivity index (χ2v) is 21.1. The van der Waals surface area contributed by atoms with Gasteiger partial charge in [0.25, 0.3) is 0 Å². The van der Waals surface area contributed by atoms with Gasteiger partial charge in [-0.1, -0.05) is 12.1 Å². The maximum atomic E-state index is 17.0. The van der Waals surface area contributed by atoms with Gasteiger partial charge in [0.05, 0.1) is 72.7 Å². The molecular formula is C57H65F5N10O8. The SMILES string of the molecule is COC(=O)N[C@H](C(=O)N1CCCC1c1nc2cc(F)c([C@H]3CC[C@H](c4cc5[nH]c(C6CCCN6C(=O)[C@@H](NC(=O)OC)[C@@H](C)OC)nc5cc4F)N3c3cc(F)c(N4CCC(c5ccc(F)cc5)CC4)c(F)c3)cc2[nH]1)[C@@H](C)OC. The smallest absolute Gasteiger partial charge is 0.407 e. The number of amides is 4. The van der Waals surface area contributed by atoms with Crippen molar-refractivity contribution >= 4 is 57.4 Å². The number of benzene rings is 4. The highest BCUT2D eigenvalue weighted by Crippen LogP contribution is 2.50. The quantitative estimate of drug-likeness (QED) is 0.0712. The highest BCUT2D eigenvalue weighted by molar-refractivity contribution is 5.88. The summed E-state index contributed by atoms with van der Waals surface area (Å²) in [5.41, 5.74) is 2.44. The first-order valence-electron chi connectivity index (χ1n) is 27.0. The average Bonchev–Trinajstić information content (AvgIpc) is 4.48. The van der Waals surface area contributed by atoms with Gasteiger partial charge in [-0.3, -0.25) is 9.59 Å². The Kier molecular flexibility index (Phi) is 16.2. The van der Waals surface area contributed by atoms with Gasteiger partial charge in [-0.15, -0.1) is 0 Å². The molecule has 0 spiro atoms. The summed E-state index contributed by atoms with van der Waals surface area (Å²) in [5.74, 6) is -3.41. The summed E-state index contributed by atoms with van der Waals surface area (Å²) in [6.07, 6.45) is 0.794. The molecule has 0 saturated carbocycles. The Bertz CT molecular complexity index is 3100. The van der Waals surface area contributed by atoms with Crippen LogP contribution in [-0.4, -0.2) is 133 Å². The standard InChI is InChI=1S/C57H65F5N10O8/c1-29(77-3)49(67-56(75)79-5)54(73)70-19-7-9-47(70)52-63-41-25-35(37(59)27-43(41)65-52)45-15-16-46(72(45)34-23-39(61)51(40(62)24-34)69-21-17-32(18-22-69)31-11-13-33(58)14-12-31)36-26-42-44(28-38(36)60)66-53(64-42)48-10-8-20-71(48)55(74)50(30(2)78-4)68-57(76)80-6/h11-14,23-30,32,45-50H,7-10,15-22H2,1-6H3,(H,63,65)(H,64,66)(H,67,75)(H,68,76)/t29-,30-,45-,46-,47?,48?,49+,50+/m1/s1. The van der Waals surface area contributed by atoms with Crippen LogP contribution < -0.4 is 20.4 Å². The number of likely N-dealkylation sites (tertiary alicyclic amines) is 2. The number of hydrogen-bond acceptors (Lipinski definition) is 12. The van der Waals surface area contributed by atoms with Gasteiger partial charge in [-0.05, 0) is 113 Å². The molecule has 10 rings (SSSR count). The summed E-state index contributed by atoms with van der Waals surface area (Å²) in [7, 11) is 5.23. The Hall–Kier alpha value is -7.53. The van der Waals surface area contributed by atoms with Crippen molar-refractivity contribution in [2.45, 2.75) is 120 Å². The first-order valence-corrected chi connectivity index (χ1v) is 27.0. The van der Waals surface area contributed by atoms with E-state index in [1.165, 1.54) is 64.8 Å². The van der Waals surface area contributed by atoms with Crippen LogP contribution in [0.3, 0.4) is 0 Å². The molecule has 0 radical (unpaired) electrons. The molecule has 4 saturated heterocycles. The van der Waals surface area contributed by atoms with E-state index in [0.717, 1.165) is 5.56 Å². The molecule has 4 amide bonds. The molecule has 23 heteroatoms. The molecule has 4 aliphatic heterocycles. The Morgan fingerprint density at radius 2 is 1.02 bits per heavy atom. The van der Waals surface area contributed by atoms with E-state index in [0.29, 0.717) is 87.4 Å². The first kappa shape index (κ1) is 55.8. The molecule has 4 aromatic carbocycles. The Morgan fingerprint density at radius 1 is 0.575 bits per heavy atom. The van der Waals surface area contributed by atoms with E-state index in [-0.39, 0.29) is 58.1 Å². The highest BCUT2D eigenvalue weighted by atomic mass is 19.1. The van der Waals surface area contributed by atoms with Crippen molar-refractivity contribution < 1.29 is 60.1 Å². The van der Waals surface area contributed by atoms with E-state index < -0.39 is 95.7 Å². The number of H-pyrrole nitrogens is 2. The van der Waals surface area contributed by atoms with Gasteiger partial charge in [0, 0.05) is 69.3 Å². The molecule has 4 N–H and O–H groups in total. The van der Waals surface area contributed by atoms with Crippen molar-refractivity contribution in [2.24, 2.45) is 0 Å². The number of aromatic amines is 2. The number of rotatable bonds is 15. The minimum atomic E-state index is -1.08. The van der Waals surface area contributed by atoms with E-state index in [4.69, 9.17) is 28.9 Å². The van der Waals surface area contributed by atoms with Crippen molar-refractivity contribution in [1.82, 2.24) is 40.4 Å². The number of anilines is 2. The van der Waals surface area contributed by atoms with Crippen molar-refractivity contribution in [3.8, 4) is 0 Å². The third-order valence-corrected chi connectivity index (χ3v) is 16.6. The number of nitrogens with one attached hydrogen (secondary N) is 4. The van der Waals surface area contributed by atoms with Crippen LogP contribution in [0.5, 0.6) is 0 Å². The lowest BCUT2D eigenvalue weighted by atomic mass is 9.89. The molecular weight excluding hydrogens is 1050 g/mol. The molecule has 426 valence electrons. The number of nitrogens with zero attached hydrogens (tertiary/aromatic N) is 6. The van der Waals surface area contributed by atoms with Gasteiger partial charge < -0.3 is 59.1 Å². The number of carbonyl (C=O) groups is 4. The lowest BCUT2D eigenvalue weighted by Gasteiger charge is -2.36. The van der Waals surface area contributed by atoms with Crippen LogP contribution in [-0.2, 0) is 28.5 Å². The van der Waals surface area contributed by atoms with Gasteiger partial charge >= 0.3 is 12.2 Å². The number of hydrogen-bond donors (Lipinski definition) is 4. The molecule has 2 unspecified atom stereocenters. The molecule has 18 nitrogen and oxygen atoms in total. The molecule has 2 aromatic heterocycles. The molecule has 4 aliphatic rings. The largest absolute Gasteiger partial charge is 0.453 e. The fourth-order valence-electron chi connectivity index (χ4n) is 12.3. The molecule has 6 aromatic rings. The van der Waals surface area contributed by atoms with Crippen LogP contribution in [0.4, 0.5) is 42.9 Å². The van der Waals surface area contributed by atoms with E-state index in [9.17, 15) is 23.6 Å². The number of ether oxygens (including phenoxy) is 4. The maximum Gasteiger partial charge on any atom is 0.407 e. The second kappa shape index (κ2) is 23.3. The van der Waals surface area contributed by atoms with Gasteiger partial charge in [0.15, 0.2) is 11.6 Å². The molecule has 80 heavy (non-hydrogen) atoms. The van der Waals surface area contributed by atoms with Crippen LogP contribution in [0.2, 0.25) is 0 Å². The number of carbonyl (C=O) groups excluding carboxylic acids is 4. The number of alkyl carbamates (subject to hydrolysis) is 2. The Balaban J connectivity index is 0.993. The van der Waals surface area contributed by atoms with E-state index in [1.54, 1.807) is 57.7 Å². The predicted octanol–water partition coefficient (Wildman–Crippen LogP) is 9.45. The van der Waals surface area contributed by atoms with Crippen LogP contribution in [0.25, 0.3) is 22.1 Å². The lowest BCUT2D eigenvalue weighted by Crippen LogP contribution is -2.54. The van der Waals surface area contributed by atoms with Gasteiger partial charge in [-0.2, -0.15) is 0 Å². The third kappa shape index (κ3) is 10.8. The summed E-state index contributed by atoms with van der Waals surface area (Å²) in [4.78, 5) is 75.3. The Labute approximate surface area is 458 Å². The molecule has 0 aliphatic carbocycles. The van der Waals surface area contributed by atoms with Crippen LogP contribution >= 0.6 is 0 Å². The zero-order chi connectivity index (χ0) is 56.7. The van der Waals surface area contributed by atoms with Crippen molar-refractivity contribution in [3.63, 3.8) is 0 Å². The fraction of sp³-hybridized carbons (Fsp3) is 0.474. The topological polar surface area (TPSA) is 200 Å². The van der Waals surface area contributed by atoms with E-state index in [1.807, 2.05) is 0 Å². The third-order valence-electron chi connectivity index (χ3n) is 16.6. The van der Waals surface area contributed by atoms with Crippen LogP contribution in [0.15, 0.2) is 60.7 Å². The van der Waals surface area contributed by atoms with Crippen LogP contribution in [0.1, 0.15) is 124 Å². The summed E-state index contributed by atoms with van der Waals surface area (Å²) in [6, 6.07) is 9.30. The number of imidazole rings is 2. The van der Waals surface area contributed by atoms with Gasteiger partial charge in [0.1, 0.15) is 46.9 Å². The van der Waals surface area contributed by atoms with Crippen molar-refractivity contribution in [1.29, 1.82) is 0 Å². The van der Waals surface area contributed by atoms with Crippen molar-refractivity contribution in [3.05, 3.63) is 118 Å². The number of methoxy groups -OCH3 is 4. The Morgan fingerprint density at radius 3 is 1.45 bits per heavy atom. The molecule has 6 heterocycles. The summed E-state index contributed by atoms with van der Waals surface area (Å²) >= 11 is 0. The summed E-state index contributed by atoms with van der Waals surface area (Å²) in [5, 5.41) is 5.14. The minimum Gasteiger partial charge on any atom is -0.453 e. The van der Waals surface area contributed by atoms with Crippen molar-refractivity contribution in [2.75, 3.05) is 64.4 Å². The molecule has 4 fully saturated rings. The molecule has 0 bridgehead atoms. The van der Waals surface area contributed by atoms with E-state index >= 15 is 17.6 Å². The predicted molar refractivity (Wildman–Crippen MR) is 285 cm³/mol. The lowest BCUT2D eigenvalue weighted by molar-refractivity contribution is -0.138. The summed E-state index contributed by atoms with van der Waals surface area (Å²) < 4.78 is 102. The van der Waals surface area contributed by atoms with E-state index in [2.05, 4.69) is 20.6 Å². The van der Waals surface area contributed by atoms with Crippen LogP contribution in [0, 0.1) is 29.1 Å². The van der Waals surface area contributed by atoms with Gasteiger partial charge in [0.2, 0.25) is 11.8 Å². The number of fused-ring (bicyclic) bond motifs is 2.